The van der Waals surface area contributed by atoms with Crippen LogP contribution in [0.4, 0.5) is 0 Å². The molecule has 0 spiro atoms. The van der Waals surface area contributed by atoms with Crippen molar-refractivity contribution in [1.82, 2.24) is 0 Å². The minimum absolute atomic E-state index is 0.319. The van der Waals surface area contributed by atoms with Gasteiger partial charge in [0.25, 0.3) is 0 Å². The first-order valence-electron chi connectivity index (χ1n) is 3.94. The van der Waals surface area contributed by atoms with E-state index in [4.69, 9.17) is 28.7 Å². The van der Waals surface area contributed by atoms with Crippen LogP contribution < -0.4 is 28.7 Å². The first-order chi connectivity index (χ1) is 6.72. The number of hydrogen-bond acceptors (Lipinski definition) is 5. The molecule has 0 aromatic heterocycles. The molecule has 0 unspecified atom stereocenters. The van der Waals surface area contributed by atoms with Crippen molar-refractivity contribution in [2.24, 2.45) is 33.7 Å². The molecule has 88 valence electrons. The predicted molar refractivity (Wildman–Crippen MR) is 58.6 cm³/mol. The van der Waals surface area contributed by atoms with Crippen LogP contribution in [-0.4, -0.2) is 38.6 Å². The third kappa shape index (κ3) is 29.6. The summed E-state index contributed by atoms with van der Waals surface area (Å²) >= 11 is 3.03. The fourth-order valence-corrected chi connectivity index (χ4v) is 0.273. The summed E-state index contributed by atoms with van der Waals surface area (Å²) in [5.74, 6) is 0.468. The van der Waals surface area contributed by atoms with Crippen LogP contribution in [-0.2, 0) is 14.8 Å². The van der Waals surface area contributed by atoms with Crippen LogP contribution in [0.2, 0.25) is 0 Å². The number of rotatable bonds is 4. The zero-order valence-electron chi connectivity index (χ0n) is 8.08. The quantitative estimate of drug-likeness (QED) is 0.292. The Balaban J connectivity index is -0.000000170. The third-order valence-corrected chi connectivity index (χ3v) is 0.820. The zero-order valence-corrected chi connectivity index (χ0v) is 9.88. The summed E-state index contributed by atoms with van der Waals surface area (Å²) < 4.78 is 0. The van der Waals surface area contributed by atoms with E-state index >= 15 is 0 Å². The fourth-order valence-electron chi connectivity index (χ4n) is 0.273. The predicted octanol–water partition coefficient (Wildman–Crippen LogP) is -2.15. The molecule has 0 saturated heterocycles. The van der Waals surface area contributed by atoms with E-state index in [0.29, 0.717) is 38.6 Å². The number of aliphatic imine (C=N–C) groups is 1. The molecule has 0 heterocycles. The normalized spacial score (nSPS) is 9.43. The number of nitrogens with zero attached hydrogens (tertiary/aromatic N) is 1. The summed E-state index contributed by atoms with van der Waals surface area (Å²) in [5.41, 5.74) is 25.3. The Kier molecular flexibility index (Phi) is 32.5. The van der Waals surface area contributed by atoms with Crippen LogP contribution in [0.5, 0.6) is 0 Å². The summed E-state index contributed by atoms with van der Waals surface area (Å²) in [4.78, 5) is 3.81. The molecule has 0 aliphatic rings. The first kappa shape index (κ1) is 19.6. The maximum absolute atomic E-state index is 5.23. The van der Waals surface area contributed by atoms with Crippen LogP contribution in [0.15, 0.2) is 4.99 Å². The third-order valence-electron chi connectivity index (χ3n) is 0.820. The zero-order chi connectivity index (χ0) is 11.8. The molecule has 0 saturated carbocycles. The van der Waals surface area contributed by atoms with Crippen molar-refractivity contribution in [3.63, 3.8) is 0 Å². The van der Waals surface area contributed by atoms with Crippen LogP contribution in [0.25, 0.3) is 0 Å². The minimum atomic E-state index is 0.319. The number of nitrogens with two attached hydrogens (primary N) is 5. The second kappa shape index (κ2) is 23.2. The van der Waals surface area contributed by atoms with E-state index in [-0.39, 0.29) is 0 Å². The molecule has 0 fully saturated rings. The second-order valence-electron chi connectivity index (χ2n) is 1.94. The van der Waals surface area contributed by atoms with Gasteiger partial charge < -0.3 is 28.7 Å². The van der Waals surface area contributed by atoms with Crippen molar-refractivity contribution in [1.29, 1.82) is 0 Å². The summed E-state index contributed by atoms with van der Waals surface area (Å²) in [6.07, 6.45) is 0. The van der Waals surface area contributed by atoms with Crippen LogP contribution in [0, 0.1) is 0 Å². The first-order valence-corrected chi connectivity index (χ1v) is 5.37. The van der Waals surface area contributed by atoms with Gasteiger partial charge in [-0.1, -0.05) is 0 Å². The van der Waals surface area contributed by atoms with Crippen LogP contribution in [0.3, 0.4) is 0 Å². The second-order valence-corrected chi connectivity index (χ2v) is 1.94. The molecule has 0 rings (SSSR count). The van der Waals surface area contributed by atoms with Gasteiger partial charge in [-0.25, -0.2) is 0 Å². The van der Waals surface area contributed by atoms with Gasteiger partial charge >= 0.3 is 25.0 Å². The van der Waals surface area contributed by atoms with E-state index in [9.17, 15) is 0 Å². The number of hydrogen-bond donors (Lipinski definition) is 5. The Morgan fingerprint density at radius 1 is 1.00 bits per heavy atom. The van der Waals surface area contributed by atoms with Gasteiger partial charge in [0.05, 0.1) is 13.1 Å². The van der Waals surface area contributed by atoms with Crippen molar-refractivity contribution in [3.8, 4) is 0 Å². The van der Waals surface area contributed by atoms with Crippen molar-refractivity contribution in [2.45, 2.75) is 0 Å². The molecule has 14 heavy (non-hydrogen) atoms. The summed E-state index contributed by atoms with van der Waals surface area (Å²) in [5, 5.41) is 0. The molecule has 0 bridgehead atoms. The average Bonchev–Trinajstić information content (AvgIpc) is 2.28. The van der Waals surface area contributed by atoms with Crippen molar-refractivity contribution in [3.05, 3.63) is 0 Å². The van der Waals surface area contributed by atoms with Gasteiger partial charge in [0.15, 0.2) is 0 Å². The van der Waals surface area contributed by atoms with Crippen molar-refractivity contribution < 1.29 is 14.8 Å². The Morgan fingerprint density at radius 3 is 1.64 bits per heavy atom. The molecule has 0 radical (unpaired) electrons. The SMILES string of the molecule is NCCN.NCCN=C(N)CN.[Cl][Co+2]. The van der Waals surface area contributed by atoms with E-state index in [1.165, 1.54) is 0 Å². The molecule has 0 aromatic carbocycles. The van der Waals surface area contributed by atoms with E-state index in [2.05, 4.69) is 30.0 Å². The summed E-state index contributed by atoms with van der Waals surface area (Å²) in [7, 11) is 4.33. The number of halogens is 1. The standard InChI is InChI=1S/C4H12N4.C2H8N2.ClH.Co/c5-1-2-8-4(7)3-6;3-1-2-4;;/h1-3,5-6H2,(H2,7,8);1-4H2;1H;/q;;;+3/p-1. The molecule has 0 amide bonds. The van der Waals surface area contributed by atoms with E-state index in [1.807, 2.05) is 0 Å². The maximum atomic E-state index is 5.23. The monoisotopic (exact) mass is 270 g/mol. The average molecular weight is 271 g/mol. The Morgan fingerprint density at radius 2 is 1.43 bits per heavy atom. The van der Waals surface area contributed by atoms with Gasteiger partial charge in [-0.2, -0.15) is 0 Å². The van der Waals surface area contributed by atoms with E-state index < -0.39 is 0 Å². The van der Waals surface area contributed by atoms with Crippen LogP contribution >= 0.6 is 10.1 Å². The summed E-state index contributed by atoms with van der Waals surface area (Å²) in [6, 6.07) is 0. The molecule has 0 aliphatic heterocycles. The van der Waals surface area contributed by atoms with Gasteiger partial charge in [0, 0.05) is 19.6 Å². The van der Waals surface area contributed by atoms with E-state index in [0.717, 1.165) is 0 Å². The van der Waals surface area contributed by atoms with Crippen molar-refractivity contribution >= 4 is 16.0 Å². The Labute approximate surface area is 97.4 Å². The molecule has 10 N–H and O–H groups in total. The molecule has 8 heteroatoms. The van der Waals surface area contributed by atoms with Gasteiger partial charge in [-0.3, -0.25) is 4.99 Å². The Hall–Kier alpha value is 0.106. The molecule has 0 aliphatic carbocycles. The van der Waals surface area contributed by atoms with E-state index in [1.54, 1.807) is 0 Å². The van der Waals surface area contributed by atoms with Gasteiger partial charge in [0.2, 0.25) is 0 Å². The van der Waals surface area contributed by atoms with Crippen molar-refractivity contribution in [2.75, 3.05) is 32.7 Å². The topological polar surface area (TPSA) is 142 Å². The molecular formula is C6H20ClCoN6+2. The Bertz CT molecular complexity index is 110. The van der Waals surface area contributed by atoms with Gasteiger partial charge in [-0.05, 0) is 0 Å². The molecule has 6 nitrogen and oxygen atoms in total. The summed E-state index contributed by atoms with van der Waals surface area (Å²) in [6.45, 7) is 2.61. The number of amidine groups is 1. The molecular weight excluding hydrogens is 250 g/mol. The van der Waals surface area contributed by atoms with Crippen LogP contribution in [0.1, 0.15) is 0 Å². The van der Waals surface area contributed by atoms with Gasteiger partial charge in [0.1, 0.15) is 5.84 Å². The molecule has 0 aromatic rings. The van der Waals surface area contributed by atoms with Gasteiger partial charge in [-0.15, -0.1) is 0 Å². The molecule has 0 atom stereocenters. The fraction of sp³-hybridized carbons (Fsp3) is 0.833.